The summed E-state index contributed by atoms with van der Waals surface area (Å²) in [6, 6.07) is 16.2. The molecule has 0 aliphatic heterocycles. The summed E-state index contributed by atoms with van der Waals surface area (Å²) in [6.45, 7) is 0.612. The number of benzene rings is 1. The van der Waals surface area contributed by atoms with Crippen LogP contribution in [0, 0.1) is 5.92 Å². The van der Waals surface area contributed by atoms with Crippen molar-refractivity contribution in [3.63, 3.8) is 0 Å². The van der Waals surface area contributed by atoms with Crippen LogP contribution < -0.4 is 5.32 Å². The largest absolute Gasteiger partial charge is 0.392 e. The Labute approximate surface area is 119 Å². The van der Waals surface area contributed by atoms with Crippen LogP contribution in [0.15, 0.2) is 54.7 Å². The summed E-state index contributed by atoms with van der Waals surface area (Å²) in [5.41, 5.74) is 2.16. The quantitative estimate of drug-likeness (QED) is 0.846. The first kappa shape index (κ1) is 13.3. The van der Waals surface area contributed by atoms with Crippen molar-refractivity contribution in [2.24, 2.45) is 5.92 Å². The summed E-state index contributed by atoms with van der Waals surface area (Å²) in [4.78, 5) is 4.45. The van der Waals surface area contributed by atoms with Gasteiger partial charge in [0.2, 0.25) is 0 Å². The van der Waals surface area contributed by atoms with Gasteiger partial charge < -0.3 is 10.4 Å². The standard InChI is InChI=1S/C17H20N2O/c20-16(13-9-10-13)12-19-17(14-6-2-1-3-7-14)15-8-4-5-11-18-15/h1-8,11,13,16-17,19-20H,9-10,12H2. The van der Waals surface area contributed by atoms with E-state index >= 15 is 0 Å². The molecule has 0 spiro atoms. The predicted octanol–water partition coefficient (Wildman–Crippen LogP) is 2.53. The number of hydrogen-bond acceptors (Lipinski definition) is 3. The molecule has 1 saturated carbocycles. The first-order chi connectivity index (χ1) is 9.84. The predicted molar refractivity (Wildman–Crippen MR) is 79.3 cm³/mol. The van der Waals surface area contributed by atoms with Crippen molar-refractivity contribution in [1.29, 1.82) is 0 Å². The van der Waals surface area contributed by atoms with Crippen molar-refractivity contribution in [2.45, 2.75) is 25.0 Å². The molecule has 1 aliphatic rings. The number of nitrogens with zero attached hydrogens (tertiary/aromatic N) is 1. The van der Waals surface area contributed by atoms with Crippen LogP contribution in [0.2, 0.25) is 0 Å². The van der Waals surface area contributed by atoms with Gasteiger partial charge >= 0.3 is 0 Å². The second kappa shape index (κ2) is 6.16. The van der Waals surface area contributed by atoms with Crippen LogP contribution in [0.3, 0.4) is 0 Å². The maximum absolute atomic E-state index is 10.0. The van der Waals surface area contributed by atoms with E-state index in [2.05, 4.69) is 22.4 Å². The van der Waals surface area contributed by atoms with Crippen molar-refractivity contribution in [2.75, 3.05) is 6.54 Å². The lowest BCUT2D eigenvalue weighted by Crippen LogP contribution is -2.32. The fourth-order valence-electron chi connectivity index (χ4n) is 2.47. The molecule has 1 aromatic heterocycles. The molecule has 0 amide bonds. The SMILES string of the molecule is OC(CNC(c1ccccc1)c1ccccn1)C1CC1. The van der Waals surface area contributed by atoms with E-state index in [1.807, 2.05) is 42.6 Å². The third-order valence-corrected chi connectivity index (χ3v) is 3.81. The molecule has 0 radical (unpaired) electrons. The first-order valence-electron chi connectivity index (χ1n) is 7.22. The molecule has 2 aromatic rings. The smallest absolute Gasteiger partial charge is 0.0752 e. The Morgan fingerprint density at radius 2 is 1.85 bits per heavy atom. The van der Waals surface area contributed by atoms with Crippen molar-refractivity contribution in [3.05, 3.63) is 66.0 Å². The van der Waals surface area contributed by atoms with E-state index in [4.69, 9.17) is 0 Å². The molecule has 1 aliphatic carbocycles. The molecule has 1 heterocycles. The van der Waals surface area contributed by atoms with Gasteiger partial charge in [-0.05, 0) is 36.5 Å². The Morgan fingerprint density at radius 3 is 2.50 bits per heavy atom. The molecule has 2 unspecified atom stereocenters. The summed E-state index contributed by atoms with van der Waals surface area (Å²) in [5.74, 6) is 0.489. The second-order valence-electron chi connectivity index (χ2n) is 5.41. The van der Waals surface area contributed by atoms with Crippen LogP contribution in [0.4, 0.5) is 0 Å². The summed E-state index contributed by atoms with van der Waals surface area (Å²) in [6.07, 6.45) is 3.87. The van der Waals surface area contributed by atoms with E-state index in [1.165, 1.54) is 5.56 Å². The molecular formula is C17H20N2O. The van der Waals surface area contributed by atoms with Gasteiger partial charge in [-0.3, -0.25) is 4.98 Å². The molecule has 2 N–H and O–H groups in total. The fraction of sp³-hybridized carbons (Fsp3) is 0.353. The summed E-state index contributed by atoms with van der Waals surface area (Å²) in [7, 11) is 0. The van der Waals surface area contributed by atoms with Gasteiger partial charge in [0, 0.05) is 12.7 Å². The molecule has 1 fully saturated rings. The average Bonchev–Trinajstić information content (AvgIpc) is 3.34. The molecule has 20 heavy (non-hydrogen) atoms. The minimum atomic E-state index is -0.245. The van der Waals surface area contributed by atoms with Gasteiger partial charge in [0.25, 0.3) is 0 Å². The number of aliphatic hydroxyl groups is 1. The molecule has 3 heteroatoms. The summed E-state index contributed by atoms with van der Waals surface area (Å²) < 4.78 is 0. The van der Waals surface area contributed by atoms with Crippen LogP contribution in [0.25, 0.3) is 0 Å². The highest BCUT2D eigenvalue weighted by atomic mass is 16.3. The van der Waals surface area contributed by atoms with Crippen LogP contribution in [0.5, 0.6) is 0 Å². The van der Waals surface area contributed by atoms with Gasteiger partial charge in [0.1, 0.15) is 0 Å². The first-order valence-corrected chi connectivity index (χ1v) is 7.22. The Balaban J connectivity index is 1.76. The van der Waals surface area contributed by atoms with Crippen molar-refractivity contribution in [1.82, 2.24) is 10.3 Å². The van der Waals surface area contributed by atoms with E-state index in [9.17, 15) is 5.11 Å². The minimum Gasteiger partial charge on any atom is -0.392 e. The lowest BCUT2D eigenvalue weighted by Gasteiger charge is -2.21. The summed E-state index contributed by atoms with van der Waals surface area (Å²) in [5, 5.41) is 13.5. The molecule has 1 aromatic carbocycles. The van der Waals surface area contributed by atoms with Gasteiger partial charge in [-0.15, -0.1) is 0 Å². The number of aromatic nitrogens is 1. The fourth-order valence-corrected chi connectivity index (χ4v) is 2.47. The van der Waals surface area contributed by atoms with Gasteiger partial charge in [-0.25, -0.2) is 0 Å². The zero-order chi connectivity index (χ0) is 13.8. The zero-order valence-corrected chi connectivity index (χ0v) is 11.4. The number of nitrogens with one attached hydrogen (secondary N) is 1. The lowest BCUT2D eigenvalue weighted by molar-refractivity contribution is 0.146. The molecular weight excluding hydrogens is 248 g/mol. The van der Waals surface area contributed by atoms with E-state index < -0.39 is 0 Å². The maximum Gasteiger partial charge on any atom is 0.0752 e. The number of hydrogen-bond donors (Lipinski definition) is 2. The zero-order valence-electron chi connectivity index (χ0n) is 11.4. The van der Waals surface area contributed by atoms with Crippen molar-refractivity contribution in [3.8, 4) is 0 Å². The topological polar surface area (TPSA) is 45.1 Å². The molecule has 3 nitrogen and oxygen atoms in total. The molecule has 104 valence electrons. The highest BCUT2D eigenvalue weighted by Crippen LogP contribution is 2.32. The normalized spacial score (nSPS) is 17.6. The highest BCUT2D eigenvalue weighted by molar-refractivity contribution is 5.27. The van der Waals surface area contributed by atoms with Crippen LogP contribution in [-0.4, -0.2) is 22.7 Å². The monoisotopic (exact) mass is 268 g/mol. The van der Waals surface area contributed by atoms with Crippen LogP contribution >= 0.6 is 0 Å². The Kier molecular flexibility index (Phi) is 4.09. The van der Waals surface area contributed by atoms with E-state index in [-0.39, 0.29) is 12.1 Å². The van der Waals surface area contributed by atoms with E-state index in [1.54, 1.807) is 0 Å². The van der Waals surface area contributed by atoms with Crippen LogP contribution in [-0.2, 0) is 0 Å². The molecule has 0 saturated heterocycles. The van der Waals surface area contributed by atoms with E-state index in [0.717, 1.165) is 18.5 Å². The van der Waals surface area contributed by atoms with Gasteiger partial charge in [0.15, 0.2) is 0 Å². The van der Waals surface area contributed by atoms with Crippen LogP contribution in [0.1, 0.15) is 30.1 Å². The van der Waals surface area contributed by atoms with Crippen molar-refractivity contribution >= 4 is 0 Å². The highest BCUT2D eigenvalue weighted by Gasteiger charge is 2.30. The van der Waals surface area contributed by atoms with Gasteiger partial charge in [-0.1, -0.05) is 36.4 Å². The third-order valence-electron chi connectivity index (χ3n) is 3.81. The Hall–Kier alpha value is -1.71. The molecule has 3 rings (SSSR count). The molecule has 2 atom stereocenters. The average molecular weight is 268 g/mol. The van der Waals surface area contributed by atoms with Crippen molar-refractivity contribution < 1.29 is 5.11 Å². The van der Waals surface area contributed by atoms with E-state index in [0.29, 0.717) is 12.5 Å². The Bertz CT molecular complexity index is 486. The second-order valence-corrected chi connectivity index (χ2v) is 5.41. The third kappa shape index (κ3) is 3.24. The van der Waals surface area contributed by atoms with Gasteiger partial charge in [-0.2, -0.15) is 0 Å². The minimum absolute atomic E-state index is 0.0331. The summed E-state index contributed by atoms with van der Waals surface area (Å²) >= 11 is 0. The Morgan fingerprint density at radius 1 is 1.10 bits per heavy atom. The number of pyridine rings is 1. The lowest BCUT2D eigenvalue weighted by atomic mass is 10.0. The number of rotatable bonds is 6. The molecule has 0 bridgehead atoms. The maximum atomic E-state index is 10.0. The number of aliphatic hydroxyl groups excluding tert-OH is 1. The van der Waals surface area contributed by atoms with Gasteiger partial charge in [0.05, 0.1) is 17.8 Å².